The molecule has 1 aliphatic heterocycles. The Labute approximate surface area is 122 Å². The zero-order chi connectivity index (χ0) is 14.4. The molecule has 106 valence electrons. The summed E-state index contributed by atoms with van der Waals surface area (Å²) in [6.07, 6.45) is -6.69. The van der Waals surface area contributed by atoms with Crippen LogP contribution < -0.4 is 5.32 Å². The van der Waals surface area contributed by atoms with Gasteiger partial charge in [-0.2, -0.15) is 13.2 Å². The SMILES string of the molecule is OC1NCCC1(c1cc(Cl)c(Cl)c(Cl)c1)C(F)(F)F. The van der Waals surface area contributed by atoms with Crippen molar-refractivity contribution in [2.45, 2.75) is 24.2 Å². The second kappa shape index (κ2) is 4.97. The minimum Gasteiger partial charge on any atom is -0.377 e. The van der Waals surface area contributed by atoms with E-state index in [1.807, 2.05) is 0 Å². The summed E-state index contributed by atoms with van der Waals surface area (Å²) in [4.78, 5) is 0. The van der Waals surface area contributed by atoms with Crippen LogP contribution in [-0.4, -0.2) is 24.1 Å². The van der Waals surface area contributed by atoms with Gasteiger partial charge < -0.3 is 5.11 Å². The molecule has 0 bridgehead atoms. The lowest BCUT2D eigenvalue weighted by Gasteiger charge is -2.35. The minimum absolute atomic E-state index is 0.00939. The number of hydrogen-bond donors (Lipinski definition) is 2. The molecule has 1 aliphatic rings. The molecule has 2 N–H and O–H groups in total. The van der Waals surface area contributed by atoms with Crippen LogP contribution >= 0.6 is 34.8 Å². The van der Waals surface area contributed by atoms with E-state index < -0.39 is 17.8 Å². The van der Waals surface area contributed by atoms with Crippen LogP contribution in [0, 0.1) is 0 Å². The third-order valence-corrected chi connectivity index (χ3v) is 4.53. The number of alkyl halides is 3. The van der Waals surface area contributed by atoms with Gasteiger partial charge in [-0.15, -0.1) is 0 Å². The van der Waals surface area contributed by atoms with Crippen LogP contribution in [0.1, 0.15) is 12.0 Å². The van der Waals surface area contributed by atoms with Gasteiger partial charge in [0.25, 0.3) is 0 Å². The fraction of sp³-hybridized carbons (Fsp3) is 0.455. The number of nitrogens with one attached hydrogen (secondary N) is 1. The smallest absolute Gasteiger partial charge is 0.377 e. The molecule has 0 saturated carbocycles. The molecule has 8 heteroatoms. The Hall–Kier alpha value is -0.200. The van der Waals surface area contributed by atoms with Gasteiger partial charge >= 0.3 is 6.18 Å². The first-order valence-electron chi connectivity index (χ1n) is 5.33. The quantitative estimate of drug-likeness (QED) is 0.767. The highest BCUT2D eigenvalue weighted by Gasteiger charge is 2.62. The maximum atomic E-state index is 13.4. The highest BCUT2D eigenvalue weighted by molar-refractivity contribution is 6.48. The number of hydrogen-bond acceptors (Lipinski definition) is 2. The molecule has 0 amide bonds. The summed E-state index contributed by atoms with van der Waals surface area (Å²) in [6.45, 7) is 0.0402. The summed E-state index contributed by atoms with van der Waals surface area (Å²) in [6, 6.07) is 2.19. The van der Waals surface area contributed by atoms with Gasteiger partial charge in [-0.25, -0.2) is 0 Å². The average Bonchev–Trinajstić information content (AvgIpc) is 2.67. The Morgan fingerprint density at radius 1 is 1.21 bits per heavy atom. The normalized spacial score (nSPS) is 27.8. The number of benzene rings is 1. The summed E-state index contributed by atoms with van der Waals surface area (Å²) in [5.41, 5.74) is -2.62. The first kappa shape index (κ1) is 15.2. The number of rotatable bonds is 1. The summed E-state index contributed by atoms with van der Waals surface area (Å²) < 4.78 is 40.2. The fourth-order valence-electron chi connectivity index (χ4n) is 2.29. The Bertz CT molecular complexity index is 485. The molecule has 1 saturated heterocycles. The molecule has 2 unspecified atom stereocenters. The maximum absolute atomic E-state index is 13.4. The van der Waals surface area contributed by atoms with Crippen LogP contribution in [0.25, 0.3) is 0 Å². The lowest BCUT2D eigenvalue weighted by Crippen LogP contribution is -2.51. The van der Waals surface area contributed by atoms with Crippen molar-refractivity contribution in [1.29, 1.82) is 0 Å². The van der Waals surface area contributed by atoms with Gasteiger partial charge in [-0.1, -0.05) is 34.8 Å². The number of aliphatic hydroxyl groups excluding tert-OH is 1. The summed E-state index contributed by atoms with van der Waals surface area (Å²) in [7, 11) is 0. The van der Waals surface area contributed by atoms with Crippen LogP contribution in [-0.2, 0) is 5.41 Å². The van der Waals surface area contributed by atoms with E-state index in [0.717, 1.165) is 12.1 Å². The van der Waals surface area contributed by atoms with Crippen molar-refractivity contribution < 1.29 is 18.3 Å². The van der Waals surface area contributed by atoms with E-state index in [1.165, 1.54) is 0 Å². The molecule has 1 heterocycles. The topological polar surface area (TPSA) is 32.3 Å². The molecule has 19 heavy (non-hydrogen) atoms. The molecular formula is C11H9Cl3F3NO. The molecule has 0 spiro atoms. The Kier molecular flexibility index (Phi) is 3.97. The van der Waals surface area contributed by atoms with Crippen LogP contribution in [0.5, 0.6) is 0 Å². The van der Waals surface area contributed by atoms with E-state index in [1.54, 1.807) is 0 Å². The van der Waals surface area contributed by atoms with Crippen molar-refractivity contribution in [1.82, 2.24) is 5.32 Å². The Morgan fingerprint density at radius 3 is 2.11 bits per heavy atom. The molecule has 1 aromatic carbocycles. The first-order chi connectivity index (χ1) is 8.70. The monoisotopic (exact) mass is 333 g/mol. The first-order valence-corrected chi connectivity index (χ1v) is 6.47. The van der Waals surface area contributed by atoms with Crippen molar-refractivity contribution in [3.63, 3.8) is 0 Å². The number of aliphatic hydroxyl groups is 1. The fourth-order valence-corrected chi connectivity index (χ4v) is 2.89. The largest absolute Gasteiger partial charge is 0.402 e. The van der Waals surface area contributed by atoms with Gasteiger partial charge in [0.1, 0.15) is 11.6 Å². The number of halogens is 6. The average molecular weight is 335 g/mol. The van der Waals surface area contributed by atoms with Crippen molar-refractivity contribution in [3.05, 3.63) is 32.8 Å². The highest BCUT2D eigenvalue weighted by Crippen LogP contribution is 2.49. The molecule has 0 aromatic heterocycles. The standard InChI is InChI=1S/C11H9Cl3F3NO/c12-6-3-5(4-7(13)8(6)14)10(11(15,16)17)1-2-18-9(10)19/h3-4,9,18-19H,1-2H2. The van der Waals surface area contributed by atoms with E-state index >= 15 is 0 Å². The predicted octanol–water partition coefficient (Wildman–Crippen LogP) is 3.76. The molecule has 2 atom stereocenters. The third-order valence-electron chi connectivity index (χ3n) is 3.33. The van der Waals surface area contributed by atoms with Crippen LogP contribution in [0.4, 0.5) is 13.2 Å². The molecule has 1 fully saturated rings. The van der Waals surface area contributed by atoms with Crippen molar-refractivity contribution in [2.75, 3.05) is 6.54 Å². The van der Waals surface area contributed by atoms with Crippen molar-refractivity contribution in [2.24, 2.45) is 0 Å². The molecule has 2 nitrogen and oxygen atoms in total. The molecule has 0 radical (unpaired) electrons. The third kappa shape index (κ3) is 2.32. The Morgan fingerprint density at radius 2 is 1.74 bits per heavy atom. The van der Waals surface area contributed by atoms with Crippen LogP contribution in [0.2, 0.25) is 15.1 Å². The van der Waals surface area contributed by atoms with Gasteiger partial charge in [0.15, 0.2) is 0 Å². The van der Waals surface area contributed by atoms with Crippen molar-refractivity contribution in [3.8, 4) is 0 Å². The summed E-state index contributed by atoms with van der Waals surface area (Å²) in [5, 5.41) is 12.0. The van der Waals surface area contributed by atoms with Gasteiger partial charge in [-0.3, -0.25) is 5.32 Å². The predicted molar refractivity (Wildman–Crippen MR) is 67.8 cm³/mol. The van der Waals surface area contributed by atoms with Gasteiger partial charge in [0.2, 0.25) is 0 Å². The maximum Gasteiger partial charge on any atom is 0.402 e. The van der Waals surface area contributed by atoms with E-state index in [2.05, 4.69) is 5.32 Å². The highest BCUT2D eigenvalue weighted by atomic mass is 35.5. The van der Waals surface area contributed by atoms with Crippen LogP contribution in [0.3, 0.4) is 0 Å². The second-order valence-corrected chi connectivity index (χ2v) is 5.52. The second-order valence-electron chi connectivity index (χ2n) is 4.33. The van der Waals surface area contributed by atoms with E-state index in [0.29, 0.717) is 0 Å². The lowest BCUT2D eigenvalue weighted by atomic mass is 9.77. The molecule has 2 rings (SSSR count). The van der Waals surface area contributed by atoms with E-state index in [4.69, 9.17) is 34.8 Å². The van der Waals surface area contributed by atoms with Crippen LogP contribution in [0.15, 0.2) is 12.1 Å². The lowest BCUT2D eigenvalue weighted by molar-refractivity contribution is -0.213. The summed E-state index contributed by atoms with van der Waals surface area (Å²) in [5.74, 6) is 0. The zero-order valence-corrected chi connectivity index (χ0v) is 11.6. The van der Waals surface area contributed by atoms with Crippen molar-refractivity contribution >= 4 is 34.8 Å². The molecule has 1 aromatic rings. The Balaban J connectivity index is 2.64. The van der Waals surface area contributed by atoms with E-state index in [-0.39, 0.29) is 33.6 Å². The van der Waals surface area contributed by atoms with Gasteiger partial charge in [0, 0.05) is 0 Å². The molecular weight excluding hydrogens is 325 g/mol. The van der Waals surface area contributed by atoms with E-state index in [9.17, 15) is 18.3 Å². The summed E-state index contributed by atoms with van der Waals surface area (Å²) >= 11 is 17.3. The minimum atomic E-state index is -4.64. The zero-order valence-electron chi connectivity index (χ0n) is 9.36. The van der Waals surface area contributed by atoms with Gasteiger partial charge in [-0.05, 0) is 30.7 Å². The molecule has 0 aliphatic carbocycles. The van der Waals surface area contributed by atoms with Gasteiger partial charge in [0.05, 0.1) is 15.1 Å².